The molecular formula is C20H14BrNO3. The molecule has 4 nitrogen and oxygen atoms in total. The molecule has 5 heteroatoms. The van der Waals surface area contributed by atoms with Crippen LogP contribution in [0.15, 0.2) is 77.5 Å². The summed E-state index contributed by atoms with van der Waals surface area (Å²) in [5, 5.41) is 0. The predicted octanol–water partition coefficient (Wildman–Crippen LogP) is 4.55. The van der Waals surface area contributed by atoms with Crippen molar-refractivity contribution in [1.82, 2.24) is 4.98 Å². The van der Waals surface area contributed by atoms with Gasteiger partial charge in [0.05, 0.1) is 5.56 Å². The molecule has 0 saturated carbocycles. The highest BCUT2D eigenvalue weighted by Crippen LogP contribution is 2.19. The third kappa shape index (κ3) is 4.39. The van der Waals surface area contributed by atoms with Gasteiger partial charge in [-0.3, -0.25) is 9.78 Å². The van der Waals surface area contributed by atoms with Crippen molar-refractivity contribution in [3.05, 3.63) is 88.7 Å². The van der Waals surface area contributed by atoms with E-state index in [4.69, 9.17) is 4.74 Å². The van der Waals surface area contributed by atoms with Crippen molar-refractivity contribution in [2.24, 2.45) is 0 Å². The Morgan fingerprint density at radius 1 is 0.880 bits per heavy atom. The Morgan fingerprint density at radius 2 is 1.56 bits per heavy atom. The summed E-state index contributed by atoms with van der Waals surface area (Å²) >= 11 is 3.24. The van der Waals surface area contributed by atoms with E-state index >= 15 is 0 Å². The summed E-state index contributed by atoms with van der Waals surface area (Å²) in [6.45, 7) is -0.309. The number of rotatable bonds is 5. The molecule has 0 unspecified atom stereocenters. The molecule has 0 saturated heterocycles. The minimum absolute atomic E-state index is 0.254. The number of esters is 1. The minimum atomic E-state index is -0.581. The summed E-state index contributed by atoms with van der Waals surface area (Å²) in [5.41, 5.74) is 2.89. The lowest BCUT2D eigenvalue weighted by molar-refractivity contribution is 0.0474. The molecule has 3 rings (SSSR count). The van der Waals surface area contributed by atoms with Crippen LogP contribution >= 0.6 is 15.9 Å². The molecule has 0 fully saturated rings. The molecule has 0 spiro atoms. The normalized spacial score (nSPS) is 10.3. The van der Waals surface area contributed by atoms with Crippen LogP contribution in [-0.2, 0) is 4.74 Å². The van der Waals surface area contributed by atoms with Crippen molar-refractivity contribution < 1.29 is 14.3 Å². The Bertz CT molecular complexity index is 892. The molecule has 0 aliphatic rings. The van der Waals surface area contributed by atoms with Gasteiger partial charge in [-0.15, -0.1) is 0 Å². The fraction of sp³-hybridized carbons (Fsp3) is 0.0500. The number of ketones is 1. The van der Waals surface area contributed by atoms with Gasteiger partial charge in [-0.2, -0.15) is 0 Å². The Hall–Kier alpha value is -2.79. The molecule has 0 atom stereocenters. The van der Waals surface area contributed by atoms with Gasteiger partial charge in [0.2, 0.25) is 0 Å². The average molecular weight is 396 g/mol. The zero-order valence-corrected chi connectivity index (χ0v) is 14.8. The fourth-order valence-corrected chi connectivity index (χ4v) is 2.67. The highest BCUT2D eigenvalue weighted by Gasteiger charge is 2.12. The van der Waals surface area contributed by atoms with Crippen LogP contribution in [0.25, 0.3) is 11.1 Å². The quantitative estimate of drug-likeness (QED) is 0.469. The maximum Gasteiger partial charge on any atom is 0.340 e. The van der Waals surface area contributed by atoms with Gasteiger partial charge in [0.1, 0.15) is 0 Å². The Kier molecular flexibility index (Phi) is 5.36. The van der Waals surface area contributed by atoms with E-state index in [1.54, 1.807) is 24.4 Å². The van der Waals surface area contributed by atoms with Crippen molar-refractivity contribution in [3.8, 4) is 11.1 Å². The molecule has 1 aromatic heterocycles. The number of carbonyl (C=O) groups is 2. The monoisotopic (exact) mass is 395 g/mol. The van der Waals surface area contributed by atoms with Crippen molar-refractivity contribution >= 4 is 27.7 Å². The summed E-state index contributed by atoms with van der Waals surface area (Å²) in [4.78, 5) is 28.0. The van der Waals surface area contributed by atoms with Gasteiger partial charge >= 0.3 is 5.97 Å². The van der Waals surface area contributed by atoms with Gasteiger partial charge in [-0.05, 0) is 33.1 Å². The first-order valence-corrected chi connectivity index (χ1v) is 8.39. The number of aromatic nitrogens is 1. The summed E-state index contributed by atoms with van der Waals surface area (Å²) in [6.07, 6.45) is 2.96. The maximum absolute atomic E-state index is 12.2. The van der Waals surface area contributed by atoms with E-state index in [1.165, 1.54) is 6.20 Å². The predicted molar refractivity (Wildman–Crippen MR) is 98.4 cm³/mol. The second-order valence-electron chi connectivity index (χ2n) is 5.33. The van der Waals surface area contributed by atoms with Crippen LogP contribution in [-0.4, -0.2) is 23.3 Å². The molecule has 2 aromatic carbocycles. The van der Waals surface area contributed by atoms with Crippen molar-refractivity contribution in [2.75, 3.05) is 6.61 Å². The highest BCUT2D eigenvalue weighted by molar-refractivity contribution is 9.10. The lowest BCUT2D eigenvalue weighted by atomic mass is 10.0. The van der Waals surface area contributed by atoms with Crippen LogP contribution in [0.2, 0.25) is 0 Å². The van der Waals surface area contributed by atoms with Crippen molar-refractivity contribution in [1.29, 1.82) is 0 Å². The number of halogens is 1. The number of hydrogen-bond acceptors (Lipinski definition) is 4. The van der Waals surface area contributed by atoms with E-state index in [1.807, 2.05) is 42.5 Å². The zero-order valence-electron chi connectivity index (χ0n) is 13.2. The molecule has 0 N–H and O–H groups in total. The first-order chi connectivity index (χ1) is 12.1. The van der Waals surface area contributed by atoms with Gasteiger partial charge in [0, 0.05) is 22.4 Å². The number of carbonyl (C=O) groups excluding carboxylic acids is 2. The number of pyridine rings is 1. The SMILES string of the molecule is O=C(COC(=O)c1cncc(Br)c1)c1ccc(-c2ccccc2)cc1. The van der Waals surface area contributed by atoms with Gasteiger partial charge in [-0.1, -0.05) is 54.6 Å². The first-order valence-electron chi connectivity index (χ1n) is 7.60. The third-order valence-corrected chi connectivity index (χ3v) is 4.02. The van der Waals surface area contributed by atoms with E-state index in [0.29, 0.717) is 15.6 Å². The molecule has 25 heavy (non-hydrogen) atoms. The summed E-state index contributed by atoms with van der Waals surface area (Å²) in [6, 6.07) is 18.7. The fourth-order valence-electron chi connectivity index (χ4n) is 2.30. The molecule has 0 radical (unpaired) electrons. The Morgan fingerprint density at radius 3 is 2.24 bits per heavy atom. The molecule has 0 aliphatic carbocycles. The number of nitrogens with zero attached hydrogens (tertiary/aromatic N) is 1. The maximum atomic E-state index is 12.2. The third-order valence-electron chi connectivity index (χ3n) is 3.59. The lowest BCUT2D eigenvalue weighted by Gasteiger charge is -2.06. The van der Waals surface area contributed by atoms with Crippen LogP contribution in [0.4, 0.5) is 0 Å². The summed E-state index contributed by atoms with van der Waals surface area (Å²) < 4.78 is 5.74. The molecular weight excluding hydrogens is 382 g/mol. The van der Waals surface area contributed by atoms with Crippen molar-refractivity contribution in [3.63, 3.8) is 0 Å². The zero-order chi connectivity index (χ0) is 17.6. The second kappa shape index (κ2) is 7.85. The van der Waals surface area contributed by atoms with Crippen LogP contribution in [0.3, 0.4) is 0 Å². The summed E-state index contributed by atoms with van der Waals surface area (Å²) in [7, 11) is 0. The second-order valence-corrected chi connectivity index (χ2v) is 6.25. The number of benzene rings is 2. The van der Waals surface area contributed by atoms with E-state index in [9.17, 15) is 9.59 Å². The molecule has 1 heterocycles. The molecule has 3 aromatic rings. The van der Waals surface area contributed by atoms with E-state index in [2.05, 4.69) is 20.9 Å². The van der Waals surface area contributed by atoms with E-state index in [0.717, 1.165) is 11.1 Å². The van der Waals surface area contributed by atoms with Crippen LogP contribution in [0.1, 0.15) is 20.7 Å². The Balaban J connectivity index is 1.63. The minimum Gasteiger partial charge on any atom is -0.454 e. The topological polar surface area (TPSA) is 56.3 Å². The average Bonchev–Trinajstić information content (AvgIpc) is 2.66. The van der Waals surface area contributed by atoms with E-state index < -0.39 is 5.97 Å². The van der Waals surface area contributed by atoms with Gasteiger partial charge in [0.15, 0.2) is 12.4 Å². The largest absolute Gasteiger partial charge is 0.454 e. The molecule has 0 bridgehead atoms. The van der Waals surface area contributed by atoms with Crippen LogP contribution in [0.5, 0.6) is 0 Å². The number of hydrogen-bond donors (Lipinski definition) is 0. The lowest BCUT2D eigenvalue weighted by Crippen LogP contribution is -2.14. The molecule has 124 valence electrons. The van der Waals surface area contributed by atoms with Crippen LogP contribution in [0, 0.1) is 0 Å². The van der Waals surface area contributed by atoms with Crippen molar-refractivity contribution in [2.45, 2.75) is 0 Å². The first kappa shape index (κ1) is 17.0. The molecule has 0 aliphatic heterocycles. The molecule has 0 amide bonds. The summed E-state index contributed by atoms with van der Waals surface area (Å²) in [5.74, 6) is -0.834. The van der Waals surface area contributed by atoms with Gasteiger partial charge in [0.25, 0.3) is 0 Å². The van der Waals surface area contributed by atoms with Crippen LogP contribution < -0.4 is 0 Å². The highest BCUT2D eigenvalue weighted by atomic mass is 79.9. The van der Waals surface area contributed by atoms with E-state index in [-0.39, 0.29) is 12.4 Å². The smallest absolute Gasteiger partial charge is 0.340 e. The standard InChI is InChI=1S/C20H14BrNO3/c21-18-10-17(11-22-12-18)20(24)25-13-19(23)16-8-6-15(7-9-16)14-4-2-1-3-5-14/h1-12H,13H2. The number of ether oxygens (including phenoxy) is 1. The number of Topliss-reactive ketones (excluding diaryl/α,β-unsaturated/α-hetero) is 1. The van der Waals surface area contributed by atoms with Gasteiger partial charge < -0.3 is 4.74 Å². The van der Waals surface area contributed by atoms with Gasteiger partial charge in [-0.25, -0.2) is 4.79 Å². The Labute approximate surface area is 153 Å².